The number of anilines is 2. The summed E-state index contributed by atoms with van der Waals surface area (Å²) in [7, 11) is 4.69. The van der Waals surface area contributed by atoms with Crippen LogP contribution in [0.15, 0.2) is 42.6 Å². The lowest BCUT2D eigenvalue weighted by Crippen LogP contribution is -2.03. The molecule has 0 aliphatic rings. The Bertz CT molecular complexity index is 1320. The highest BCUT2D eigenvalue weighted by Gasteiger charge is 2.19. The number of aromatic amines is 1. The molecule has 0 spiro atoms. The van der Waals surface area contributed by atoms with E-state index in [1.54, 1.807) is 38.0 Å². The van der Waals surface area contributed by atoms with Crippen molar-refractivity contribution in [2.75, 3.05) is 39.9 Å². The number of hydrogen-bond acceptors (Lipinski definition) is 8. The second-order valence-electron chi connectivity index (χ2n) is 6.91. The van der Waals surface area contributed by atoms with Crippen LogP contribution in [0, 0.1) is 11.3 Å². The van der Waals surface area contributed by atoms with E-state index in [-0.39, 0.29) is 13.2 Å². The van der Waals surface area contributed by atoms with Gasteiger partial charge in [0.1, 0.15) is 18.2 Å². The summed E-state index contributed by atoms with van der Waals surface area (Å²) in [6, 6.07) is 13.0. The van der Waals surface area contributed by atoms with Crippen LogP contribution in [-0.2, 0) is 0 Å². The lowest BCUT2D eigenvalue weighted by Gasteiger charge is -2.13. The Balaban J connectivity index is 1.82. The number of nitrogens with zero attached hydrogens (tertiary/aromatic N) is 3. The summed E-state index contributed by atoms with van der Waals surface area (Å²) in [5.41, 5.74) is 3.16. The Hall–Kier alpha value is -4.36. The molecule has 0 aliphatic heterocycles. The van der Waals surface area contributed by atoms with Crippen molar-refractivity contribution in [3.05, 3.63) is 48.2 Å². The molecule has 3 N–H and O–H groups in total. The number of methoxy groups -OCH3 is 3. The zero-order valence-electron chi connectivity index (χ0n) is 18.4. The summed E-state index contributed by atoms with van der Waals surface area (Å²) in [6.45, 7) is 0.0543. The molecule has 2 heterocycles. The van der Waals surface area contributed by atoms with Crippen molar-refractivity contribution >= 4 is 17.2 Å². The van der Waals surface area contributed by atoms with Crippen molar-refractivity contribution in [2.45, 2.75) is 0 Å². The van der Waals surface area contributed by atoms with Crippen LogP contribution in [0.2, 0.25) is 0 Å². The van der Waals surface area contributed by atoms with E-state index in [0.717, 1.165) is 11.3 Å². The molecule has 10 heteroatoms. The first-order valence-electron chi connectivity index (χ1n) is 10.0. The highest BCUT2D eigenvalue weighted by Crippen LogP contribution is 2.38. The summed E-state index contributed by atoms with van der Waals surface area (Å²) < 4.78 is 23.4. The summed E-state index contributed by atoms with van der Waals surface area (Å²) in [5, 5.41) is 26.3. The fraction of sp³-hybridized carbons (Fsp3) is 0.217. The molecule has 10 nitrogen and oxygen atoms in total. The second kappa shape index (κ2) is 9.42. The van der Waals surface area contributed by atoms with Crippen LogP contribution in [0.1, 0.15) is 5.56 Å². The maximum Gasteiger partial charge on any atom is 0.162 e. The Morgan fingerprint density at radius 2 is 1.76 bits per heavy atom. The maximum absolute atomic E-state index is 9.48. The first-order chi connectivity index (χ1) is 16.1. The highest BCUT2D eigenvalue weighted by molar-refractivity contribution is 5.82. The minimum Gasteiger partial charge on any atom is -0.493 e. The molecule has 4 rings (SSSR count). The predicted molar refractivity (Wildman–Crippen MR) is 122 cm³/mol. The predicted octanol–water partition coefficient (Wildman–Crippen LogP) is 3.34. The molecule has 4 aromatic rings. The van der Waals surface area contributed by atoms with Crippen LogP contribution in [0.3, 0.4) is 0 Å². The molecule has 0 radical (unpaired) electrons. The van der Waals surface area contributed by atoms with E-state index in [1.165, 1.54) is 6.20 Å². The van der Waals surface area contributed by atoms with Gasteiger partial charge in [-0.3, -0.25) is 0 Å². The molecule has 0 amide bonds. The Kier molecular flexibility index (Phi) is 6.24. The van der Waals surface area contributed by atoms with E-state index >= 15 is 0 Å². The summed E-state index contributed by atoms with van der Waals surface area (Å²) in [5.74, 6) is 2.81. The minimum atomic E-state index is -0.102. The van der Waals surface area contributed by atoms with E-state index in [2.05, 4.69) is 21.5 Å². The van der Waals surface area contributed by atoms with Gasteiger partial charge >= 0.3 is 0 Å². The molecule has 0 unspecified atom stereocenters. The first-order valence-corrected chi connectivity index (χ1v) is 10.0. The number of aliphatic hydroxyl groups is 1. The number of hydrogen-bond donors (Lipinski definition) is 3. The molecule has 0 saturated heterocycles. The summed E-state index contributed by atoms with van der Waals surface area (Å²) in [4.78, 5) is 3.29. The Morgan fingerprint density at radius 3 is 2.45 bits per heavy atom. The monoisotopic (exact) mass is 449 g/mol. The molecule has 0 saturated carbocycles. The van der Waals surface area contributed by atoms with E-state index in [9.17, 15) is 5.26 Å². The van der Waals surface area contributed by atoms with Gasteiger partial charge in [0.2, 0.25) is 0 Å². The molecule has 170 valence electrons. The number of fused-ring (bicyclic) bond motifs is 1. The highest BCUT2D eigenvalue weighted by atomic mass is 16.5. The molecular formula is C23H23N5O5. The van der Waals surface area contributed by atoms with Crippen molar-refractivity contribution in [1.29, 1.82) is 5.26 Å². The third-order valence-electron chi connectivity index (χ3n) is 5.03. The topological polar surface area (TPSA) is 126 Å². The van der Waals surface area contributed by atoms with E-state index in [1.807, 2.05) is 24.3 Å². The van der Waals surface area contributed by atoms with Crippen molar-refractivity contribution < 1.29 is 24.1 Å². The second-order valence-corrected chi connectivity index (χ2v) is 6.91. The van der Waals surface area contributed by atoms with Gasteiger partial charge in [0.15, 0.2) is 34.5 Å². The molecule has 0 bridgehead atoms. The average Bonchev–Trinajstić information content (AvgIpc) is 3.42. The first kappa shape index (κ1) is 21.9. The third-order valence-corrected chi connectivity index (χ3v) is 5.03. The van der Waals surface area contributed by atoms with Gasteiger partial charge in [-0.25, -0.2) is 0 Å². The van der Waals surface area contributed by atoms with Crippen LogP contribution in [0.25, 0.3) is 16.9 Å². The zero-order chi connectivity index (χ0) is 23.4. The van der Waals surface area contributed by atoms with Gasteiger partial charge in [-0.15, -0.1) is 0 Å². The van der Waals surface area contributed by atoms with Crippen molar-refractivity contribution in [1.82, 2.24) is 14.6 Å². The number of ether oxygens (including phenoxy) is 4. The van der Waals surface area contributed by atoms with Crippen LogP contribution in [-0.4, -0.2) is 54.2 Å². The van der Waals surface area contributed by atoms with Crippen LogP contribution in [0.4, 0.5) is 11.5 Å². The lowest BCUT2D eigenvalue weighted by atomic mass is 10.1. The normalized spacial score (nSPS) is 10.6. The number of aromatic nitrogens is 3. The van der Waals surface area contributed by atoms with Crippen LogP contribution >= 0.6 is 0 Å². The van der Waals surface area contributed by atoms with Gasteiger partial charge in [-0.05, 0) is 30.3 Å². The average molecular weight is 449 g/mol. The Morgan fingerprint density at radius 1 is 1.03 bits per heavy atom. The van der Waals surface area contributed by atoms with Gasteiger partial charge < -0.3 is 34.4 Å². The lowest BCUT2D eigenvalue weighted by molar-refractivity contribution is 0.196. The van der Waals surface area contributed by atoms with E-state index in [4.69, 9.17) is 24.1 Å². The summed E-state index contributed by atoms with van der Waals surface area (Å²) >= 11 is 0. The fourth-order valence-electron chi connectivity index (χ4n) is 3.48. The standard InChI is InChI=1S/C23H23N5O5/c1-30-17-7-5-16(11-20(17)32-3)26-23-21(27-22-15(12-24)13-25-28(22)23)14-4-6-18(33-9-8-29)19(10-14)31-2/h4-7,10-11,13,26-27,29H,8-9H2,1-3H3. The summed E-state index contributed by atoms with van der Waals surface area (Å²) in [6.07, 6.45) is 1.50. The third kappa shape index (κ3) is 4.09. The molecule has 0 aliphatic carbocycles. The number of H-pyrrole nitrogens is 1. The number of benzene rings is 2. The van der Waals surface area contributed by atoms with Crippen LogP contribution < -0.4 is 24.3 Å². The van der Waals surface area contributed by atoms with Crippen molar-refractivity contribution in [3.8, 4) is 40.3 Å². The van der Waals surface area contributed by atoms with Crippen LogP contribution in [0.5, 0.6) is 23.0 Å². The van der Waals surface area contributed by atoms with E-state index in [0.29, 0.717) is 45.7 Å². The fourth-order valence-corrected chi connectivity index (χ4v) is 3.48. The number of rotatable bonds is 9. The molecule has 2 aromatic heterocycles. The van der Waals surface area contributed by atoms with Gasteiger partial charge in [0.25, 0.3) is 0 Å². The van der Waals surface area contributed by atoms with Crippen molar-refractivity contribution in [2.24, 2.45) is 0 Å². The molecule has 0 fully saturated rings. The van der Waals surface area contributed by atoms with E-state index < -0.39 is 0 Å². The molecular weight excluding hydrogens is 426 g/mol. The smallest absolute Gasteiger partial charge is 0.162 e. The number of aliphatic hydroxyl groups excluding tert-OH is 1. The van der Waals surface area contributed by atoms with Gasteiger partial charge in [0.05, 0.1) is 39.8 Å². The van der Waals surface area contributed by atoms with Gasteiger partial charge in [-0.1, -0.05) is 0 Å². The largest absolute Gasteiger partial charge is 0.493 e. The number of nitrogens with one attached hydrogen (secondary N) is 2. The minimum absolute atomic E-state index is 0.102. The van der Waals surface area contributed by atoms with Gasteiger partial charge in [-0.2, -0.15) is 14.9 Å². The zero-order valence-corrected chi connectivity index (χ0v) is 18.4. The van der Waals surface area contributed by atoms with Gasteiger partial charge in [0, 0.05) is 17.3 Å². The number of imidazole rings is 1. The maximum atomic E-state index is 9.48. The number of nitriles is 1. The molecule has 33 heavy (non-hydrogen) atoms. The quantitative estimate of drug-likeness (QED) is 0.355. The SMILES string of the molecule is COc1ccc(Nc2c(-c3ccc(OCCO)c(OC)c3)[nH]c3c(C#N)cnn23)cc1OC. The molecule has 0 atom stereocenters. The molecule has 2 aromatic carbocycles. The van der Waals surface area contributed by atoms with Crippen molar-refractivity contribution in [3.63, 3.8) is 0 Å². The Labute approximate surface area is 189 Å².